The molecule has 3 aliphatic rings. The van der Waals surface area contributed by atoms with Gasteiger partial charge in [-0.3, -0.25) is 4.90 Å². The summed E-state index contributed by atoms with van der Waals surface area (Å²) in [6.45, 7) is 3.09. The van der Waals surface area contributed by atoms with Gasteiger partial charge in [-0.15, -0.1) is 0 Å². The standard InChI is InChI=1S/C14H21N3/c1-16-13-8-14(16)10-17(9-13)12-4-2-3-11(7-12)5-6-15/h2-4,7,13-14H,5-6,8-10,15H2,1H3. The van der Waals surface area contributed by atoms with Gasteiger partial charge in [-0.05, 0) is 44.1 Å². The van der Waals surface area contributed by atoms with Crippen molar-refractivity contribution in [1.29, 1.82) is 0 Å². The first-order valence-electron chi connectivity index (χ1n) is 6.54. The Morgan fingerprint density at radius 1 is 1.29 bits per heavy atom. The number of benzene rings is 1. The Morgan fingerprint density at radius 3 is 2.71 bits per heavy atom. The Labute approximate surface area is 103 Å². The topological polar surface area (TPSA) is 32.5 Å². The first kappa shape index (κ1) is 11.1. The molecule has 3 aliphatic heterocycles. The highest BCUT2D eigenvalue weighted by atomic mass is 15.3. The van der Waals surface area contributed by atoms with E-state index in [1.807, 2.05) is 0 Å². The Kier molecular flexibility index (Phi) is 2.81. The Morgan fingerprint density at radius 2 is 2.06 bits per heavy atom. The Bertz CT molecular complexity index is 392. The van der Waals surface area contributed by atoms with Crippen LogP contribution < -0.4 is 10.6 Å². The molecule has 17 heavy (non-hydrogen) atoms. The highest BCUT2D eigenvalue weighted by Gasteiger charge is 2.41. The third-order valence-electron chi connectivity index (χ3n) is 4.27. The fraction of sp³-hybridized carbons (Fsp3) is 0.571. The number of hydrogen-bond acceptors (Lipinski definition) is 3. The molecule has 0 radical (unpaired) electrons. The summed E-state index contributed by atoms with van der Waals surface area (Å²) in [6, 6.07) is 10.4. The van der Waals surface area contributed by atoms with Crippen LogP contribution in [0.25, 0.3) is 0 Å². The van der Waals surface area contributed by atoms with Gasteiger partial charge >= 0.3 is 0 Å². The van der Waals surface area contributed by atoms with Crippen LogP contribution in [0.2, 0.25) is 0 Å². The largest absolute Gasteiger partial charge is 0.368 e. The number of piperidine rings is 1. The molecule has 0 saturated carbocycles. The predicted octanol–water partition coefficient (Wildman–Crippen LogP) is 1.08. The van der Waals surface area contributed by atoms with E-state index in [0.717, 1.165) is 25.0 Å². The van der Waals surface area contributed by atoms with Crippen LogP contribution in [-0.4, -0.2) is 43.7 Å². The smallest absolute Gasteiger partial charge is 0.0370 e. The number of anilines is 1. The molecule has 2 bridgehead atoms. The SMILES string of the molecule is CN1C2CC1CN(c1cccc(CCN)c1)C2. The highest BCUT2D eigenvalue weighted by molar-refractivity contribution is 5.50. The number of nitrogens with two attached hydrogens (primary N) is 1. The second-order valence-corrected chi connectivity index (χ2v) is 5.32. The lowest BCUT2D eigenvalue weighted by Crippen LogP contribution is -2.67. The van der Waals surface area contributed by atoms with Crippen molar-refractivity contribution in [2.75, 3.05) is 31.6 Å². The van der Waals surface area contributed by atoms with Gasteiger partial charge in [0.05, 0.1) is 0 Å². The van der Waals surface area contributed by atoms with E-state index in [4.69, 9.17) is 5.73 Å². The maximum atomic E-state index is 5.62. The zero-order valence-electron chi connectivity index (χ0n) is 10.5. The summed E-state index contributed by atoms with van der Waals surface area (Å²) in [4.78, 5) is 5.04. The van der Waals surface area contributed by atoms with Crippen LogP contribution in [0.3, 0.4) is 0 Å². The fourth-order valence-electron chi connectivity index (χ4n) is 3.08. The third kappa shape index (κ3) is 1.94. The average molecular weight is 231 g/mol. The molecule has 0 aliphatic carbocycles. The molecule has 3 saturated heterocycles. The zero-order chi connectivity index (χ0) is 11.8. The van der Waals surface area contributed by atoms with Gasteiger partial charge in [-0.2, -0.15) is 0 Å². The molecular formula is C14H21N3. The highest BCUT2D eigenvalue weighted by Crippen LogP contribution is 2.33. The van der Waals surface area contributed by atoms with E-state index in [2.05, 4.69) is 41.1 Å². The lowest BCUT2D eigenvalue weighted by Gasteiger charge is -2.55. The van der Waals surface area contributed by atoms with Gasteiger partial charge in [0.25, 0.3) is 0 Å². The van der Waals surface area contributed by atoms with Crippen LogP contribution in [0, 0.1) is 0 Å². The monoisotopic (exact) mass is 231 g/mol. The summed E-state index contributed by atoms with van der Waals surface area (Å²) < 4.78 is 0. The minimum Gasteiger partial charge on any atom is -0.368 e. The molecule has 0 aromatic heterocycles. The molecule has 4 rings (SSSR count). The van der Waals surface area contributed by atoms with Crippen molar-refractivity contribution >= 4 is 5.69 Å². The van der Waals surface area contributed by atoms with Crippen LogP contribution in [0.15, 0.2) is 24.3 Å². The molecule has 3 nitrogen and oxygen atoms in total. The van der Waals surface area contributed by atoms with Gasteiger partial charge in [-0.1, -0.05) is 12.1 Å². The lowest BCUT2D eigenvalue weighted by atomic mass is 9.88. The summed E-state index contributed by atoms with van der Waals surface area (Å²) in [7, 11) is 2.25. The minimum absolute atomic E-state index is 0.734. The normalized spacial score (nSPS) is 28.0. The molecule has 3 fully saturated rings. The first-order chi connectivity index (χ1) is 8.28. The molecule has 0 spiro atoms. The van der Waals surface area contributed by atoms with Gasteiger partial charge < -0.3 is 10.6 Å². The zero-order valence-corrected chi connectivity index (χ0v) is 10.5. The Hall–Kier alpha value is -1.06. The van der Waals surface area contributed by atoms with Gasteiger partial charge in [0.2, 0.25) is 0 Å². The van der Waals surface area contributed by atoms with E-state index >= 15 is 0 Å². The predicted molar refractivity (Wildman–Crippen MR) is 71.4 cm³/mol. The van der Waals surface area contributed by atoms with Gasteiger partial charge in [-0.25, -0.2) is 0 Å². The van der Waals surface area contributed by atoms with E-state index < -0.39 is 0 Å². The van der Waals surface area contributed by atoms with E-state index in [1.165, 1.54) is 30.8 Å². The fourth-order valence-corrected chi connectivity index (χ4v) is 3.08. The number of likely N-dealkylation sites (N-methyl/N-ethyl adjacent to an activating group) is 1. The van der Waals surface area contributed by atoms with E-state index in [-0.39, 0.29) is 0 Å². The molecule has 1 aromatic carbocycles. The quantitative estimate of drug-likeness (QED) is 0.845. The lowest BCUT2D eigenvalue weighted by molar-refractivity contribution is 0.0264. The van der Waals surface area contributed by atoms with Crippen molar-refractivity contribution in [2.45, 2.75) is 24.9 Å². The number of hydrogen-bond donors (Lipinski definition) is 1. The van der Waals surface area contributed by atoms with Crippen LogP contribution in [-0.2, 0) is 6.42 Å². The second kappa shape index (κ2) is 4.31. The maximum absolute atomic E-state index is 5.62. The van der Waals surface area contributed by atoms with E-state index in [1.54, 1.807) is 0 Å². The molecule has 3 heteroatoms. The van der Waals surface area contributed by atoms with Crippen molar-refractivity contribution in [3.8, 4) is 0 Å². The van der Waals surface area contributed by atoms with Crippen LogP contribution >= 0.6 is 0 Å². The molecule has 2 N–H and O–H groups in total. The third-order valence-corrected chi connectivity index (χ3v) is 4.27. The Balaban J connectivity index is 1.74. The number of rotatable bonds is 3. The first-order valence-corrected chi connectivity index (χ1v) is 6.54. The van der Waals surface area contributed by atoms with Crippen LogP contribution in [0.1, 0.15) is 12.0 Å². The van der Waals surface area contributed by atoms with Crippen LogP contribution in [0.5, 0.6) is 0 Å². The molecule has 2 unspecified atom stereocenters. The second-order valence-electron chi connectivity index (χ2n) is 5.32. The molecule has 0 amide bonds. The van der Waals surface area contributed by atoms with Crippen molar-refractivity contribution in [2.24, 2.45) is 5.73 Å². The van der Waals surface area contributed by atoms with E-state index in [9.17, 15) is 0 Å². The molecule has 2 atom stereocenters. The average Bonchev–Trinajstić information content (AvgIpc) is 2.39. The molecule has 3 heterocycles. The van der Waals surface area contributed by atoms with Crippen molar-refractivity contribution in [1.82, 2.24) is 4.90 Å². The van der Waals surface area contributed by atoms with Crippen molar-refractivity contribution in [3.63, 3.8) is 0 Å². The summed E-state index contributed by atoms with van der Waals surface area (Å²) in [5, 5.41) is 0. The van der Waals surface area contributed by atoms with Gasteiger partial charge in [0.1, 0.15) is 0 Å². The molecule has 92 valence electrons. The van der Waals surface area contributed by atoms with Gasteiger partial charge in [0, 0.05) is 30.9 Å². The van der Waals surface area contributed by atoms with Gasteiger partial charge in [0.15, 0.2) is 0 Å². The number of piperazine rings is 1. The summed E-state index contributed by atoms with van der Waals surface area (Å²) in [5.41, 5.74) is 8.35. The molecule has 1 aromatic rings. The summed E-state index contributed by atoms with van der Waals surface area (Å²) >= 11 is 0. The van der Waals surface area contributed by atoms with Crippen molar-refractivity contribution in [3.05, 3.63) is 29.8 Å². The van der Waals surface area contributed by atoms with Crippen LogP contribution in [0.4, 0.5) is 5.69 Å². The summed E-state index contributed by atoms with van der Waals surface area (Å²) in [5.74, 6) is 0. The number of nitrogens with zero attached hydrogens (tertiary/aromatic N) is 2. The van der Waals surface area contributed by atoms with Crippen molar-refractivity contribution < 1.29 is 0 Å². The summed E-state index contributed by atoms with van der Waals surface area (Å²) in [6.07, 6.45) is 2.37. The van der Waals surface area contributed by atoms with E-state index in [0.29, 0.717) is 0 Å². The maximum Gasteiger partial charge on any atom is 0.0370 e. The minimum atomic E-state index is 0.734. The molecular weight excluding hydrogens is 210 g/mol. The number of fused-ring (bicyclic) bond motifs is 2.